The van der Waals surface area contributed by atoms with Crippen LogP contribution in [0.2, 0.25) is 0 Å². The van der Waals surface area contributed by atoms with Crippen LogP contribution in [0.5, 0.6) is 5.88 Å². The molecule has 0 aromatic carbocycles. The van der Waals surface area contributed by atoms with E-state index in [4.69, 9.17) is 10.5 Å². The van der Waals surface area contributed by atoms with Crippen LogP contribution in [0.15, 0.2) is 18.3 Å². The predicted molar refractivity (Wildman–Crippen MR) is 95.0 cm³/mol. The van der Waals surface area contributed by atoms with Gasteiger partial charge in [-0.1, -0.05) is 6.42 Å². The van der Waals surface area contributed by atoms with Gasteiger partial charge in [0, 0.05) is 31.3 Å². The highest BCUT2D eigenvalue weighted by Gasteiger charge is 2.48. The van der Waals surface area contributed by atoms with Gasteiger partial charge in [0.1, 0.15) is 5.82 Å². The third-order valence-electron chi connectivity index (χ3n) is 6.14. The highest BCUT2D eigenvalue weighted by molar-refractivity contribution is 5.78. The lowest BCUT2D eigenvalue weighted by atomic mass is 9.81. The number of nitrogens with two attached hydrogens (primary N) is 1. The molecule has 6 heteroatoms. The summed E-state index contributed by atoms with van der Waals surface area (Å²) in [6.07, 6.45) is 5.72. The number of halogens is 1. The molecular weight excluding hydrogens is 319 g/mol. The predicted octanol–water partition coefficient (Wildman–Crippen LogP) is 2.38. The zero-order chi connectivity index (χ0) is 17.4. The first-order valence-corrected chi connectivity index (χ1v) is 9.06. The van der Waals surface area contributed by atoms with E-state index in [9.17, 15) is 4.39 Å². The van der Waals surface area contributed by atoms with Gasteiger partial charge in [-0.2, -0.15) is 0 Å². The van der Waals surface area contributed by atoms with E-state index in [-0.39, 0.29) is 5.82 Å². The Morgan fingerprint density at radius 1 is 1.44 bits per heavy atom. The van der Waals surface area contributed by atoms with E-state index in [1.807, 2.05) is 6.07 Å². The van der Waals surface area contributed by atoms with Gasteiger partial charge in [-0.05, 0) is 43.2 Å². The number of rotatable bonds is 5. The molecule has 0 amide bonds. The fraction of sp³-hybridized carbons (Fsp3) is 0.579. The molecule has 1 aliphatic heterocycles. The average molecular weight is 344 g/mol. The summed E-state index contributed by atoms with van der Waals surface area (Å²) in [5.41, 5.74) is 8.32. The Morgan fingerprint density at radius 2 is 2.32 bits per heavy atom. The molecule has 3 heterocycles. The second-order valence-electron chi connectivity index (χ2n) is 7.45. The van der Waals surface area contributed by atoms with Crippen molar-refractivity contribution in [3.05, 3.63) is 29.7 Å². The van der Waals surface area contributed by atoms with Crippen molar-refractivity contribution in [2.75, 3.05) is 33.3 Å². The van der Waals surface area contributed by atoms with Crippen molar-refractivity contribution in [1.29, 1.82) is 0 Å². The van der Waals surface area contributed by atoms with Crippen molar-refractivity contribution in [1.82, 2.24) is 14.9 Å². The number of fused-ring (bicyclic) bond motifs is 2. The van der Waals surface area contributed by atoms with Crippen molar-refractivity contribution < 1.29 is 9.13 Å². The van der Waals surface area contributed by atoms with Crippen LogP contribution in [0.4, 0.5) is 4.39 Å². The minimum Gasteiger partial charge on any atom is -0.481 e. The van der Waals surface area contributed by atoms with Crippen LogP contribution in [0.1, 0.15) is 24.8 Å². The molecule has 1 aliphatic carbocycles. The number of hydrogen-bond donors (Lipinski definition) is 1. The summed E-state index contributed by atoms with van der Waals surface area (Å²) in [4.78, 5) is 11.0. The number of pyridine rings is 2. The third kappa shape index (κ3) is 2.87. The van der Waals surface area contributed by atoms with Crippen LogP contribution in [0.3, 0.4) is 0 Å². The van der Waals surface area contributed by atoms with Crippen molar-refractivity contribution in [2.24, 2.45) is 17.1 Å². The van der Waals surface area contributed by atoms with E-state index in [0.29, 0.717) is 40.2 Å². The van der Waals surface area contributed by atoms with Gasteiger partial charge < -0.3 is 15.4 Å². The molecule has 2 N–H and O–H groups in total. The molecule has 2 aromatic heterocycles. The number of likely N-dealkylation sites (tertiary alicyclic amines) is 1. The zero-order valence-electron chi connectivity index (χ0n) is 14.7. The topological polar surface area (TPSA) is 64.3 Å². The van der Waals surface area contributed by atoms with Gasteiger partial charge in [0.15, 0.2) is 0 Å². The SMILES string of the molecule is COc1ccc2ncc(F)c(CCN3CC4CCC[C@]4(CN)C3)c2n1. The number of ether oxygens (including phenoxy) is 1. The van der Waals surface area contributed by atoms with Crippen LogP contribution in [-0.4, -0.2) is 48.2 Å². The summed E-state index contributed by atoms with van der Waals surface area (Å²) < 4.78 is 19.6. The second-order valence-corrected chi connectivity index (χ2v) is 7.45. The summed E-state index contributed by atoms with van der Waals surface area (Å²) in [7, 11) is 1.57. The van der Waals surface area contributed by atoms with Gasteiger partial charge in [-0.15, -0.1) is 0 Å². The van der Waals surface area contributed by atoms with E-state index in [0.717, 1.165) is 26.2 Å². The van der Waals surface area contributed by atoms with E-state index in [1.165, 1.54) is 25.5 Å². The summed E-state index contributed by atoms with van der Waals surface area (Å²) in [5, 5.41) is 0. The first-order chi connectivity index (χ1) is 12.1. The van der Waals surface area contributed by atoms with Crippen molar-refractivity contribution in [3.63, 3.8) is 0 Å². The first-order valence-electron chi connectivity index (χ1n) is 9.06. The quantitative estimate of drug-likeness (QED) is 0.902. The van der Waals surface area contributed by atoms with Gasteiger partial charge in [0.05, 0.1) is 24.3 Å². The lowest BCUT2D eigenvalue weighted by Crippen LogP contribution is -2.35. The van der Waals surface area contributed by atoms with Crippen molar-refractivity contribution in [3.8, 4) is 5.88 Å². The van der Waals surface area contributed by atoms with Crippen molar-refractivity contribution >= 4 is 11.0 Å². The molecule has 2 aromatic rings. The maximum absolute atomic E-state index is 14.4. The van der Waals surface area contributed by atoms with Gasteiger partial charge in [-0.25, -0.2) is 9.37 Å². The van der Waals surface area contributed by atoms with E-state index in [1.54, 1.807) is 13.2 Å². The smallest absolute Gasteiger partial charge is 0.213 e. The van der Waals surface area contributed by atoms with Crippen LogP contribution >= 0.6 is 0 Å². The maximum Gasteiger partial charge on any atom is 0.213 e. The molecule has 2 fully saturated rings. The Kier molecular flexibility index (Phi) is 4.33. The summed E-state index contributed by atoms with van der Waals surface area (Å²) in [6.45, 7) is 3.71. The summed E-state index contributed by atoms with van der Waals surface area (Å²) in [6, 6.07) is 3.58. The molecule has 5 nitrogen and oxygen atoms in total. The largest absolute Gasteiger partial charge is 0.481 e. The molecule has 1 saturated heterocycles. The molecule has 1 saturated carbocycles. The van der Waals surface area contributed by atoms with E-state index < -0.39 is 0 Å². The van der Waals surface area contributed by atoms with Crippen LogP contribution in [0, 0.1) is 17.2 Å². The molecule has 2 aliphatic rings. The van der Waals surface area contributed by atoms with E-state index >= 15 is 0 Å². The Balaban J connectivity index is 1.54. The summed E-state index contributed by atoms with van der Waals surface area (Å²) >= 11 is 0. The number of nitrogens with zero attached hydrogens (tertiary/aromatic N) is 3. The molecule has 134 valence electrons. The van der Waals surface area contributed by atoms with Gasteiger partial charge in [0.2, 0.25) is 5.88 Å². The third-order valence-corrected chi connectivity index (χ3v) is 6.14. The molecule has 2 atom stereocenters. The Labute approximate surface area is 147 Å². The standard InChI is InChI=1S/C19H25FN4O/c1-25-17-5-4-16-18(23-17)14(15(20)9-22-16)6-8-24-10-13-3-2-7-19(13,11-21)12-24/h4-5,9,13H,2-3,6-8,10-12,21H2,1H3/t13?,19-/m0/s1. The van der Waals surface area contributed by atoms with Gasteiger partial charge >= 0.3 is 0 Å². The van der Waals surface area contributed by atoms with E-state index in [2.05, 4.69) is 14.9 Å². The number of aromatic nitrogens is 2. The zero-order valence-corrected chi connectivity index (χ0v) is 14.7. The van der Waals surface area contributed by atoms with Crippen LogP contribution in [-0.2, 0) is 6.42 Å². The highest BCUT2D eigenvalue weighted by Crippen LogP contribution is 2.47. The number of hydrogen-bond acceptors (Lipinski definition) is 5. The van der Waals surface area contributed by atoms with Gasteiger partial charge in [-0.3, -0.25) is 4.98 Å². The molecule has 1 unspecified atom stereocenters. The fourth-order valence-electron chi connectivity index (χ4n) is 4.73. The normalized spacial score (nSPS) is 26.3. The van der Waals surface area contributed by atoms with Gasteiger partial charge in [0.25, 0.3) is 0 Å². The lowest BCUT2D eigenvalue weighted by Gasteiger charge is -2.27. The molecule has 0 radical (unpaired) electrons. The molecule has 25 heavy (non-hydrogen) atoms. The average Bonchev–Trinajstić information content (AvgIpc) is 3.17. The van der Waals surface area contributed by atoms with Crippen LogP contribution in [0.25, 0.3) is 11.0 Å². The Hall–Kier alpha value is -1.79. The Bertz CT molecular complexity index is 783. The molecule has 0 bridgehead atoms. The monoisotopic (exact) mass is 344 g/mol. The Morgan fingerprint density at radius 3 is 3.08 bits per heavy atom. The highest BCUT2D eigenvalue weighted by atomic mass is 19.1. The fourth-order valence-corrected chi connectivity index (χ4v) is 4.73. The maximum atomic E-state index is 14.4. The minimum absolute atomic E-state index is 0.291. The molecule has 4 rings (SSSR count). The number of methoxy groups -OCH3 is 1. The first kappa shape index (κ1) is 16.7. The second kappa shape index (κ2) is 6.50. The van der Waals surface area contributed by atoms with Crippen molar-refractivity contribution in [2.45, 2.75) is 25.7 Å². The minimum atomic E-state index is -0.291. The van der Waals surface area contributed by atoms with Crippen LogP contribution < -0.4 is 10.5 Å². The lowest BCUT2D eigenvalue weighted by molar-refractivity contribution is 0.250. The molecule has 0 spiro atoms. The summed E-state index contributed by atoms with van der Waals surface area (Å²) in [5.74, 6) is 0.898. The molecular formula is C19H25FN4O.